The van der Waals surface area contributed by atoms with Crippen molar-refractivity contribution in [1.29, 1.82) is 0 Å². The molecule has 6 nitrogen and oxygen atoms in total. The Labute approximate surface area is 199 Å². The highest BCUT2D eigenvalue weighted by Gasteiger charge is 2.31. The molecule has 1 saturated heterocycles. The molecule has 180 valence electrons. The molecule has 10 heteroatoms. The predicted octanol–water partition coefficient (Wildman–Crippen LogP) is 5.12. The van der Waals surface area contributed by atoms with Crippen molar-refractivity contribution in [3.8, 4) is 5.75 Å². The van der Waals surface area contributed by atoms with E-state index >= 15 is 0 Å². The van der Waals surface area contributed by atoms with Crippen LogP contribution in [0, 0.1) is 0 Å². The molecule has 4 rings (SSSR count). The first-order valence-corrected chi connectivity index (χ1v) is 11.1. The second-order valence-corrected chi connectivity index (χ2v) is 8.53. The second-order valence-electron chi connectivity index (χ2n) is 8.12. The molecule has 1 amide bonds. The molecule has 0 radical (unpaired) electrons. The number of halogens is 4. The number of amides is 1. The fourth-order valence-electron chi connectivity index (χ4n) is 3.97. The van der Waals surface area contributed by atoms with Crippen LogP contribution in [0.4, 0.5) is 18.9 Å². The van der Waals surface area contributed by atoms with E-state index in [4.69, 9.17) is 16.3 Å². The summed E-state index contributed by atoms with van der Waals surface area (Å²) in [5.74, 6) is 0.221. The lowest BCUT2D eigenvalue weighted by Gasteiger charge is -2.30. The van der Waals surface area contributed by atoms with E-state index in [0.29, 0.717) is 47.8 Å². The molecule has 0 aliphatic carbocycles. The van der Waals surface area contributed by atoms with E-state index in [1.165, 1.54) is 19.4 Å². The highest BCUT2D eigenvalue weighted by Crippen LogP contribution is 2.35. The summed E-state index contributed by atoms with van der Waals surface area (Å²) in [6.45, 7) is 1.04. The van der Waals surface area contributed by atoms with Gasteiger partial charge in [-0.1, -0.05) is 23.7 Å². The third kappa shape index (κ3) is 5.05. The smallest absolute Gasteiger partial charge is 0.416 e. The molecule has 1 fully saturated rings. The van der Waals surface area contributed by atoms with Crippen molar-refractivity contribution in [2.24, 2.45) is 0 Å². The summed E-state index contributed by atoms with van der Waals surface area (Å²) in [5, 5.41) is 13.8. The molecule has 0 unspecified atom stereocenters. The van der Waals surface area contributed by atoms with E-state index in [-0.39, 0.29) is 23.5 Å². The molecule has 1 aromatic heterocycles. The lowest BCUT2D eigenvalue weighted by molar-refractivity contribution is -0.137. The van der Waals surface area contributed by atoms with Crippen LogP contribution < -0.4 is 10.1 Å². The van der Waals surface area contributed by atoms with E-state index in [2.05, 4.69) is 10.3 Å². The van der Waals surface area contributed by atoms with Crippen LogP contribution in [0.1, 0.15) is 34.3 Å². The van der Waals surface area contributed by atoms with Crippen LogP contribution in [0.25, 0.3) is 10.9 Å². The molecule has 3 aromatic rings. The number of aromatic nitrogens is 1. The van der Waals surface area contributed by atoms with Crippen LogP contribution in [0.5, 0.6) is 5.75 Å². The number of ether oxygens (including phenoxy) is 1. The normalized spacial score (nSPS) is 14.9. The number of hydrogen-bond acceptors (Lipinski definition) is 5. The molecule has 1 aliphatic rings. The van der Waals surface area contributed by atoms with Crippen molar-refractivity contribution in [2.75, 3.05) is 25.5 Å². The molecule has 2 aromatic carbocycles. The number of benzene rings is 2. The zero-order valence-corrected chi connectivity index (χ0v) is 19.1. The molecule has 2 heterocycles. The topological polar surface area (TPSA) is 74.7 Å². The number of hydrogen-bond donors (Lipinski definition) is 2. The maximum atomic E-state index is 13.3. The Morgan fingerprint density at radius 2 is 1.97 bits per heavy atom. The lowest BCUT2D eigenvalue weighted by atomic mass is 10.0. The van der Waals surface area contributed by atoms with Gasteiger partial charge in [0.15, 0.2) is 0 Å². The quantitative estimate of drug-likeness (QED) is 0.516. The number of nitrogens with zero attached hydrogens (tertiary/aromatic N) is 2. The number of alkyl halides is 3. The summed E-state index contributed by atoms with van der Waals surface area (Å²) >= 11 is 6.21. The monoisotopic (exact) mass is 493 g/mol. The fraction of sp³-hybridized carbons (Fsp3) is 0.333. The molecule has 1 aliphatic heterocycles. The summed E-state index contributed by atoms with van der Waals surface area (Å²) in [7, 11) is 1.51. The van der Waals surface area contributed by atoms with Gasteiger partial charge in [0.05, 0.1) is 40.6 Å². The summed E-state index contributed by atoms with van der Waals surface area (Å²) in [5.41, 5.74) is 0.743. The Morgan fingerprint density at radius 1 is 1.24 bits per heavy atom. The highest BCUT2D eigenvalue weighted by molar-refractivity contribution is 6.32. The van der Waals surface area contributed by atoms with Gasteiger partial charge < -0.3 is 20.1 Å². The molecule has 2 N–H and O–H groups in total. The van der Waals surface area contributed by atoms with Crippen LogP contribution in [0.2, 0.25) is 5.02 Å². The number of rotatable bonds is 5. The van der Waals surface area contributed by atoms with Crippen molar-refractivity contribution in [2.45, 2.75) is 31.7 Å². The summed E-state index contributed by atoms with van der Waals surface area (Å²) in [6, 6.07) is 8.50. The number of pyridine rings is 1. The summed E-state index contributed by atoms with van der Waals surface area (Å²) in [4.78, 5) is 19.1. The van der Waals surface area contributed by atoms with Gasteiger partial charge in [0, 0.05) is 31.2 Å². The van der Waals surface area contributed by atoms with E-state index in [9.17, 15) is 23.1 Å². The van der Waals surface area contributed by atoms with Gasteiger partial charge >= 0.3 is 6.18 Å². The van der Waals surface area contributed by atoms with Crippen molar-refractivity contribution in [1.82, 2.24) is 9.88 Å². The van der Waals surface area contributed by atoms with Gasteiger partial charge in [-0.15, -0.1) is 0 Å². The van der Waals surface area contributed by atoms with Gasteiger partial charge in [0.25, 0.3) is 5.91 Å². The Kier molecular flexibility index (Phi) is 6.86. The van der Waals surface area contributed by atoms with Crippen LogP contribution in [-0.4, -0.2) is 47.2 Å². The summed E-state index contributed by atoms with van der Waals surface area (Å²) in [6.07, 6.45) is -2.72. The van der Waals surface area contributed by atoms with Crippen LogP contribution in [0.15, 0.2) is 42.6 Å². The average Bonchev–Trinajstić information content (AvgIpc) is 2.81. The first kappa shape index (κ1) is 24.1. The minimum atomic E-state index is -4.51. The molecule has 34 heavy (non-hydrogen) atoms. The van der Waals surface area contributed by atoms with Crippen LogP contribution in [-0.2, 0) is 12.7 Å². The molecule has 0 atom stereocenters. The van der Waals surface area contributed by atoms with Gasteiger partial charge in [0.2, 0.25) is 0 Å². The number of carbonyl (C=O) groups excluding carboxylic acids is 1. The van der Waals surface area contributed by atoms with Gasteiger partial charge in [0.1, 0.15) is 5.75 Å². The van der Waals surface area contributed by atoms with E-state index in [0.717, 1.165) is 17.7 Å². The third-order valence-corrected chi connectivity index (χ3v) is 6.16. The first-order valence-electron chi connectivity index (χ1n) is 10.7. The number of methoxy groups -OCH3 is 1. The predicted molar refractivity (Wildman–Crippen MR) is 123 cm³/mol. The second kappa shape index (κ2) is 9.68. The Bertz CT molecular complexity index is 1210. The fourth-order valence-corrected chi connectivity index (χ4v) is 4.25. The first-order chi connectivity index (χ1) is 16.2. The molecule has 0 saturated carbocycles. The third-order valence-electron chi connectivity index (χ3n) is 5.86. The van der Waals surface area contributed by atoms with Gasteiger partial charge in [-0.3, -0.25) is 9.78 Å². The van der Waals surface area contributed by atoms with E-state index in [1.54, 1.807) is 23.1 Å². The largest absolute Gasteiger partial charge is 0.495 e. The maximum Gasteiger partial charge on any atom is 0.416 e. The molecular weight excluding hydrogens is 471 g/mol. The average molecular weight is 494 g/mol. The number of nitrogens with one attached hydrogen (secondary N) is 1. The van der Waals surface area contributed by atoms with Crippen molar-refractivity contribution < 1.29 is 27.8 Å². The van der Waals surface area contributed by atoms with Crippen molar-refractivity contribution >= 4 is 34.1 Å². The standard InChI is InChI=1S/C24H23ClF3N3O3/c1-34-21-5-2-14(10-19(21)25)12-30-22-17-4-3-15(24(26,27)28)11-20(17)29-13-18(22)23(33)31-8-6-16(32)7-9-31/h2-5,10-11,13,16,32H,6-9,12H2,1H3,(H,29,30). The van der Waals surface area contributed by atoms with Crippen molar-refractivity contribution in [3.05, 3.63) is 64.3 Å². The molecular formula is C24H23ClF3N3O3. The van der Waals surface area contributed by atoms with Gasteiger partial charge in [-0.2, -0.15) is 13.2 Å². The Balaban J connectivity index is 1.72. The van der Waals surface area contributed by atoms with Gasteiger partial charge in [-0.25, -0.2) is 0 Å². The van der Waals surface area contributed by atoms with Crippen LogP contribution in [0.3, 0.4) is 0 Å². The number of anilines is 1. The minimum absolute atomic E-state index is 0.121. The van der Waals surface area contributed by atoms with Crippen molar-refractivity contribution in [3.63, 3.8) is 0 Å². The number of carbonyl (C=O) groups is 1. The van der Waals surface area contributed by atoms with Crippen LogP contribution >= 0.6 is 11.6 Å². The number of fused-ring (bicyclic) bond motifs is 1. The number of piperidine rings is 1. The molecule has 0 bridgehead atoms. The lowest BCUT2D eigenvalue weighted by Crippen LogP contribution is -2.40. The van der Waals surface area contributed by atoms with E-state index < -0.39 is 17.8 Å². The highest BCUT2D eigenvalue weighted by atomic mass is 35.5. The minimum Gasteiger partial charge on any atom is -0.495 e. The molecule has 0 spiro atoms. The Morgan fingerprint density at radius 3 is 2.62 bits per heavy atom. The number of aliphatic hydroxyl groups excluding tert-OH is 1. The maximum absolute atomic E-state index is 13.3. The number of likely N-dealkylation sites (tertiary alicyclic amines) is 1. The summed E-state index contributed by atoms with van der Waals surface area (Å²) < 4.78 is 44.8. The SMILES string of the molecule is COc1ccc(CNc2c(C(=O)N3CCC(O)CC3)cnc3cc(C(F)(F)F)ccc23)cc1Cl. The van der Waals surface area contributed by atoms with E-state index in [1.807, 2.05) is 0 Å². The zero-order chi connectivity index (χ0) is 24.5. The number of aliphatic hydroxyl groups is 1. The zero-order valence-electron chi connectivity index (χ0n) is 18.3. The van der Waals surface area contributed by atoms with Gasteiger partial charge in [-0.05, 0) is 42.7 Å². The Hall–Kier alpha value is -3.04.